The van der Waals surface area contributed by atoms with Crippen molar-refractivity contribution in [2.24, 2.45) is 22.7 Å². The number of rotatable bonds is 5. The maximum absolute atomic E-state index is 4.54. The van der Waals surface area contributed by atoms with Gasteiger partial charge in [-0.25, -0.2) is 0 Å². The molecular formula is C70H110. The topological polar surface area (TPSA) is 0 Å². The number of allylic oxidation sites excluding steroid dienone is 16. The highest BCUT2D eigenvalue weighted by atomic mass is 14.3. The highest BCUT2D eigenvalue weighted by molar-refractivity contribution is 5.81. The first-order chi connectivity index (χ1) is 31.6. The SMILES string of the molecule is C.C.C=C.C=C.C=C(C1=CC=C(C(C)(C)C)C1)C1=C(CC)C(C)C(c2ccc(C(C)(C)C)cc2)=C1.C=C1C=C(c2ccc(C(C)(C)C)cc2)C(C)C1=C.CC.CC.CC1=C=C(C(C)(C)C)C=C1.CCC. The van der Waals surface area contributed by atoms with Crippen LogP contribution in [0.2, 0.25) is 0 Å². The van der Waals surface area contributed by atoms with E-state index in [0.29, 0.717) is 11.8 Å². The molecule has 70 heavy (non-hydrogen) atoms. The molecule has 0 aliphatic heterocycles. The van der Waals surface area contributed by atoms with Gasteiger partial charge in [0.15, 0.2) is 0 Å². The van der Waals surface area contributed by atoms with Crippen LogP contribution in [0.15, 0.2) is 187 Å². The molecule has 0 aromatic heterocycles. The van der Waals surface area contributed by atoms with Crippen LogP contribution in [-0.2, 0) is 10.8 Å². The summed E-state index contributed by atoms with van der Waals surface area (Å²) in [5, 5.41) is 0. The van der Waals surface area contributed by atoms with Gasteiger partial charge in [0.05, 0.1) is 0 Å². The van der Waals surface area contributed by atoms with Crippen molar-refractivity contribution in [3.05, 3.63) is 209 Å². The van der Waals surface area contributed by atoms with Crippen molar-refractivity contribution in [3.63, 3.8) is 0 Å². The summed E-state index contributed by atoms with van der Waals surface area (Å²) >= 11 is 0. The lowest BCUT2D eigenvalue weighted by molar-refractivity contribution is 0.495. The van der Waals surface area contributed by atoms with E-state index in [9.17, 15) is 0 Å². The van der Waals surface area contributed by atoms with Gasteiger partial charge in [0.1, 0.15) is 0 Å². The van der Waals surface area contributed by atoms with E-state index < -0.39 is 0 Å². The molecule has 2 aromatic rings. The van der Waals surface area contributed by atoms with E-state index in [1.54, 1.807) is 0 Å². The van der Waals surface area contributed by atoms with Crippen LogP contribution in [0, 0.1) is 22.7 Å². The minimum atomic E-state index is 0. The summed E-state index contributed by atoms with van der Waals surface area (Å²) < 4.78 is 0. The van der Waals surface area contributed by atoms with Crippen molar-refractivity contribution in [2.45, 2.75) is 197 Å². The first kappa shape index (κ1) is 71.6. The van der Waals surface area contributed by atoms with Crippen molar-refractivity contribution < 1.29 is 0 Å². The molecule has 2 atom stereocenters. The summed E-state index contributed by atoms with van der Waals surface area (Å²) in [6.07, 6.45) is 16.8. The normalized spacial score (nSPS) is 16.5. The Morgan fingerprint density at radius 1 is 0.586 bits per heavy atom. The minimum Gasteiger partial charge on any atom is -0.114 e. The zero-order valence-electron chi connectivity index (χ0n) is 48.3. The molecule has 2 aromatic carbocycles. The summed E-state index contributed by atoms with van der Waals surface area (Å²) in [6.45, 7) is 72.9. The summed E-state index contributed by atoms with van der Waals surface area (Å²) in [7, 11) is 0. The Hall–Kier alpha value is -4.90. The molecule has 0 bridgehead atoms. The van der Waals surface area contributed by atoms with Crippen LogP contribution >= 0.6 is 0 Å². The van der Waals surface area contributed by atoms with Gasteiger partial charge in [0.2, 0.25) is 0 Å². The third kappa shape index (κ3) is 21.2. The van der Waals surface area contributed by atoms with Crippen molar-refractivity contribution in [1.29, 1.82) is 0 Å². The molecule has 0 saturated heterocycles. The summed E-state index contributed by atoms with van der Waals surface area (Å²) in [4.78, 5) is 0. The molecule has 0 nitrogen and oxygen atoms in total. The Morgan fingerprint density at radius 2 is 0.986 bits per heavy atom. The quantitative estimate of drug-likeness (QED) is 0.207. The van der Waals surface area contributed by atoms with Gasteiger partial charge < -0.3 is 0 Å². The molecule has 0 spiro atoms. The predicted molar refractivity (Wildman–Crippen MR) is 329 cm³/mol. The van der Waals surface area contributed by atoms with Gasteiger partial charge in [0.25, 0.3) is 0 Å². The highest BCUT2D eigenvalue weighted by Crippen LogP contribution is 2.46. The second-order valence-electron chi connectivity index (χ2n) is 21.4. The molecule has 390 valence electrons. The van der Waals surface area contributed by atoms with Crippen molar-refractivity contribution >= 4 is 11.1 Å². The molecule has 6 rings (SSSR count). The fourth-order valence-corrected chi connectivity index (χ4v) is 7.80. The Bertz CT molecular complexity index is 2180. The third-order valence-electron chi connectivity index (χ3n) is 12.1. The van der Waals surface area contributed by atoms with Crippen LogP contribution in [0.25, 0.3) is 11.1 Å². The number of hydrogen-bond acceptors (Lipinski definition) is 0. The monoisotopic (exact) mass is 951 g/mol. The average molecular weight is 952 g/mol. The smallest absolute Gasteiger partial charge is 0.00669 e. The van der Waals surface area contributed by atoms with Crippen LogP contribution in [0.1, 0.15) is 209 Å². The number of benzene rings is 2. The van der Waals surface area contributed by atoms with Crippen molar-refractivity contribution in [1.82, 2.24) is 0 Å². The van der Waals surface area contributed by atoms with E-state index in [1.165, 1.54) is 78.8 Å². The molecule has 4 aliphatic carbocycles. The Morgan fingerprint density at radius 3 is 1.26 bits per heavy atom. The molecule has 2 unspecified atom stereocenters. The average Bonchev–Trinajstić information content (AvgIpc) is 4.11. The van der Waals surface area contributed by atoms with Crippen LogP contribution in [-0.4, -0.2) is 0 Å². The number of hydrogen-bond donors (Lipinski definition) is 0. The van der Waals surface area contributed by atoms with Gasteiger partial charge in [-0.1, -0.05) is 270 Å². The summed E-state index contributed by atoms with van der Waals surface area (Å²) in [5.41, 5.74) is 24.1. The Kier molecular flexibility index (Phi) is 33.7. The van der Waals surface area contributed by atoms with E-state index >= 15 is 0 Å². The van der Waals surface area contributed by atoms with E-state index in [-0.39, 0.29) is 36.5 Å². The van der Waals surface area contributed by atoms with E-state index in [4.69, 9.17) is 0 Å². The third-order valence-corrected chi connectivity index (χ3v) is 12.1. The molecule has 4 aliphatic rings. The zero-order valence-corrected chi connectivity index (χ0v) is 48.3. The Labute approximate surface area is 438 Å². The van der Waals surface area contributed by atoms with Crippen LogP contribution in [0.5, 0.6) is 0 Å². The maximum Gasteiger partial charge on any atom is 0.00669 e. The molecule has 0 radical (unpaired) electrons. The first-order valence-corrected chi connectivity index (χ1v) is 25.7. The van der Waals surface area contributed by atoms with Crippen LogP contribution < -0.4 is 0 Å². The first-order valence-electron chi connectivity index (χ1n) is 25.7. The van der Waals surface area contributed by atoms with Gasteiger partial charge in [-0.3, -0.25) is 0 Å². The van der Waals surface area contributed by atoms with Crippen molar-refractivity contribution in [2.75, 3.05) is 0 Å². The highest BCUT2D eigenvalue weighted by Gasteiger charge is 2.29. The van der Waals surface area contributed by atoms with Gasteiger partial charge >= 0.3 is 0 Å². The molecule has 0 fully saturated rings. The van der Waals surface area contributed by atoms with Gasteiger partial charge in [-0.2, -0.15) is 0 Å². The lowest BCUT2D eigenvalue weighted by Gasteiger charge is -2.22. The van der Waals surface area contributed by atoms with Crippen LogP contribution in [0.3, 0.4) is 0 Å². The van der Waals surface area contributed by atoms with E-state index in [1.807, 2.05) is 27.7 Å². The fraction of sp³-hybridized carbons (Fsp3) is 0.471. The van der Waals surface area contributed by atoms with Crippen LogP contribution in [0.4, 0.5) is 0 Å². The largest absolute Gasteiger partial charge is 0.114 e. The molecule has 0 heteroatoms. The minimum absolute atomic E-state index is 0. The standard InChI is InChI=1S/C29H38.C18H22.C10H14.C3H8.2C2H6.2C2H4.2CH4/c1-10-25-20(3)26(21-11-14-23(15-12-21)28(4,5)6)18-27(25)19(2)22-13-16-24(17-22)29(7,8)9;1-12-11-17(14(3)13(12)2)15-7-9-16(10-8-15)18(4,5)6;1-8-5-6-9(7-8)10(2,3)4;1-3-2;4*1-2;;/h11-16,18,20H,2,10,17H2,1,3-9H3;7-11,14H,1-2H2,3-6H3;5-6H,1-4H3;3H2,1-2H3;2*1-2H3;2*1-2H2;2*1H4. The zero-order chi connectivity index (χ0) is 53.5. The fourth-order valence-electron chi connectivity index (χ4n) is 7.80. The molecule has 0 N–H and O–H groups in total. The van der Waals surface area contributed by atoms with Gasteiger partial charge in [-0.05, 0) is 126 Å². The predicted octanol–water partition coefficient (Wildman–Crippen LogP) is 23.1. The lowest BCUT2D eigenvalue weighted by atomic mass is 9.83. The molecular weight excluding hydrogens is 841 g/mol. The second kappa shape index (κ2) is 32.9. The maximum atomic E-state index is 4.54. The van der Waals surface area contributed by atoms with E-state index in [0.717, 1.165) is 24.0 Å². The molecule has 0 amide bonds. The van der Waals surface area contributed by atoms with Gasteiger partial charge in [-0.15, -0.1) is 32.0 Å². The Balaban J connectivity index is -0.000000454. The molecule has 0 saturated carbocycles. The van der Waals surface area contributed by atoms with Crippen molar-refractivity contribution in [3.8, 4) is 0 Å². The molecule has 0 heterocycles. The second-order valence-corrected chi connectivity index (χ2v) is 21.4. The summed E-state index contributed by atoms with van der Waals surface area (Å²) in [5.74, 6) is 0.835. The van der Waals surface area contributed by atoms with E-state index in [2.05, 4.69) is 261 Å². The van der Waals surface area contributed by atoms with Gasteiger partial charge in [0, 0.05) is 11.8 Å². The lowest BCUT2D eigenvalue weighted by Crippen LogP contribution is -2.10. The summed E-state index contributed by atoms with van der Waals surface area (Å²) in [6, 6.07) is 18.1.